The first-order valence-corrected chi connectivity index (χ1v) is 7.77. The minimum Gasteiger partial charge on any atom is -0.465 e. The zero-order valence-electron chi connectivity index (χ0n) is 14.0. The molecule has 0 aliphatic rings. The summed E-state index contributed by atoms with van der Waals surface area (Å²) in [6, 6.07) is 12.5. The molecule has 2 rings (SSSR count). The van der Waals surface area contributed by atoms with Crippen LogP contribution in [0.3, 0.4) is 0 Å². The van der Waals surface area contributed by atoms with Crippen molar-refractivity contribution in [3.8, 4) is 0 Å². The van der Waals surface area contributed by atoms with Crippen LogP contribution in [-0.2, 0) is 9.53 Å². The molecule has 0 spiro atoms. The second kappa shape index (κ2) is 8.15. The molecule has 0 saturated heterocycles. The van der Waals surface area contributed by atoms with Gasteiger partial charge in [0.05, 0.1) is 12.3 Å². The van der Waals surface area contributed by atoms with E-state index in [1.807, 2.05) is 38.1 Å². The van der Waals surface area contributed by atoms with Crippen molar-refractivity contribution in [2.75, 3.05) is 6.61 Å². The maximum atomic E-state index is 12.7. The molecule has 0 fully saturated rings. The summed E-state index contributed by atoms with van der Waals surface area (Å²) in [6.45, 7) is 5.63. The van der Waals surface area contributed by atoms with E-state index >= 15 is 0 Å². The lowest BCUT2D eigenvalue weighted by atomic mass is 10.0. The number of aryl methyl sites for hydroxylation is 2. The quantitative estimate of drug-likeness (QED) is 0.353. The predicted octanol–water partition coefficient (Wildman–Crippen LogP) is 3.46. The molecular formula is C19H20N2O3. The topological polar surface area (TPSA) is 68.6 Å². The summed E-state index contributed by atoms with van der Waals surface area (Å²) in [7, 11) is 0. The first kappa shape index (κ1) is 17.5. The van der Waals surface area contributed by atoms with Gasteiger partial charge in [0, 0.05) is 11.9 Å². The highest BCUT2D eigenvalue weighted by molar-refractivity contribution is 6.18. The zero-order chi connectivity index (χ0) is 17.5. The van der Waals surface area contributed by atoms with Crippen molar-refractivity contribution < 1.29 is 14.3 Å². The molecule has 1 aromatic carbocycles. The lowest BCUT2D eigenvalue weighted by Gasteiger charge is -2.11. The van der Waals surface area contributed by atoms with E-state index in [4.69, 9.17) is 4.74 Å². The van der Waals surface area contributed by atoms with Gasteiger partial charge in [-0.3, -0.25) is 14.6 Å². The molecule has 0 saturated carbocycles. The molecule has 24 heavy (non-hydrogen) atoms. The van der Waals surface area contributed by atoms with Gasteiger partial charge in [0.25, 0.3) is 0 Å². The Morgan fingerprint density at radius 1 is 1.17 bits per heavy atom. The van der Waals surface area contributed by atoms with Crippen molar-refractivity contribution in [2.45, 2.75) is 20.8 Å². The summed E-state index contributed by atoms with van der Waals surface area (Å²) >= 11 is 0. The number of rotatable bonds is 6. The minimum atomic E-state index is -1.11. The minimum absolute atomic E-state index is 0.197. The van der Waals surface area contributed by atoms with Gasteiger partial charge in [-0.15, -0.1) is 0 Å². The molecule has 5 heteroatoms. The summed E-state index contributed by atoms with van der Waals surface area (Å²) in [4.78, 5) is 33.4. The van der Waals surface area contributed by atoms with Crippen molar-refractivity contribution in [1.82, 2.24) is 4.98 Å². The predicted molar refractivity (Wildman–Crippen MR) is 92.8 cm³/mol. The van der Waals surface area contributed by atoms with Crippen molar-refractivity contribution in [1.29, 1.82) is 0 Å². The Kier molecular flexibility index (Phi) is 5.95. The summed E-state index contributed by atoms with van der Waals surface area (Å²) < 4.78 is 5.01. The molecule has 0 bridgehead atoms. The third-order valence-electron chi connectivity index (χ3n) is 3.55. The number of carbonyl (C=O) groups is 2. The Labute approximate surface area is 141 Å². The van der Waals surface area contributed by atoms with Crippen LogP contribution in [0, 0.1) is 19.8 Å². The number of hydrogen-bond donors (Lipinski definition) is 0. The largest absolute Gasteiger partial charge is 0.465 e. The molecule has 0 radical (unpaired) electrons. The Balaban J connectivity index is 2.31. The smallest absolute Gasteiger partial charge is 0.322 e. The second-order valence-electron chi connectivity index (χ2n) is 5.31. The third kappa shape index (κ3) is 4.35. The maximum absolute atomic E-state index is 12.7. The van der Waals surface area contributed by atoms with Crippen LogP contribution in [0.2, 0.25) is 0 Å². The van der Waals surface area contributed by atoms with E-state index in [-0.39, 0.29) is 12.3 Å². The third-order valence-corrected chi connectivity index (χ3v) is 3.55. The van der Waals surface area contributed by atoms with E-state index < -0.39 is 17.7 Å². The van der Waals surface area contributed by atoms with Crippen molar-refractivity contribution in [3.05, 3.63) is 59.4 Å². The van der Waals surface area contributed by atoms with Crippen LogP contribution in [0.1, 0.15) is 28.7 Å². The SMILES string of the molecule is CCOC(=O)C(C=Nc1ccccc1)C(=O)c1ccc(C)c(C)n1. The number of ether oxygens (including phenoxy) is 1. The molecule has 1 heterocycles. The van der Waals surface area contributed by atoms with Gasteiger partial charge >= 0.3 is 5.97 Å². The van der Waals surface area contributed by atoms with E-state index in [1.54, 1.807) is 25.1 Å². The first-order valence-electron chi connectivity index (χ1n) is 7.77. The lowest BCUT2D eigenvalue weighted by molar-refractivity contribution is -0.143. The lowest BCUT2D eigenvalue weighted by Crippen LogP contribution is -2.28. The van der Waals surface area contributed by atoms with E-state index in [0.717, 1.165) is 11.3 Å². The Morgan fingerprint density at radius 3 is 2.50 bits per heavy atom. The highest BCUT2D eigenvalue weighted by Crippen LogP contribution is 2.14. The molecule has 1 unspecified atom stereocenters. The van der Waals surface area contributed by atoms with Gasteiger partial charge in [-0.05, 0) is 44.5 Å². The first-order chi connectivity index (χ1) is 11.5. The molecule has 5 nitrogen and oxygen atoms in total. The number of esters is 1. The Bertz CT molecular complexity index is 754. The number of aromatic nitrogens is 1. The number of Topliss-reactive ketones (excluding diaryl/α,β-unsaturated/α-hetero) is 1. The van der Waals surface area contributed by atoms with Crippen LogP contribution in [-0.4, -0.2) is 29.6 Å². The fraction of sp³-hybridized carbons (Fsp3) is 0.263. The van der Waals surface area contributed by atoms with Gasteiger partial charge in [0.15, 0.2) is 5.92 Å². The van der Waals surface area contributed by atoms with E-state index in [0.29, 0.717) is 5.69 Å². The number of para-hydroxylation sites is 1. The van der Waals surface area contributed by atoms with Gasteiger partial charge in [-0.2, -0.15) is 0 Å². The fourth-order valence-corrected chi connectivity index (χ4v) is 2.07. The Morgan fingerprint density at radius 2 is 1.88 bits per heavy atom. The van der Waals surface area contributed by atoms with Crippen LogP contribution in [0.5, 0.6) is 0 Å². The average molecular weight is 324 g/mol. The molecule has 1 atom stereocenters. The summed E-state index contributed by atoms with van der Waals surface area (Å²) in [5, 5.41) is 0. The number of carbonyl (C=O) groups excluding carboxylic acids is 2. The number of benzene rings is 1. The maximum Gasteiger partial charge on any atom is 0.322 e. The summed E-state index contributed by atoms with van der Waals surface area (Å²) in [5.41, 5.74) is 2.63. The highest BCUT2D eigenvalue weighted by atomic mass is 16.5. The van der Waals surface area contributed by atoms with Gasteiger partial charge in [-0.25, -0.2) is 4.98 Å². The molecular weight excluding hydrogens is 304 g/mol. The molecule has 124 valence electrons. The molecule has 0 aliphatic heterocycles. The fourth-order valence-electron chi connectivity index (χ4n) is 2.07. The number of nitrogens with zero attached hydrogens (tertiary/aromatic N) is 2. The van der Waals surface area contributed by atoms with Crippen LogP contribution in [0.25, 0.3) is 0 Å². The normalized spacial score (nSPS) is 12.1. The number of hydrogen-bond acceptors (Lipinski definition) is 5. The van der Waals surface area contributed by atoms with Crippen molar-refractivity contribution in [3.63, 3.8) is 0 Å². The zero-order valence-corrected chi connectivity index (χ0v) is 14.0. The van der Waals surface area contributed by atoms with Crippen LogP contribution in [0.15, 0.2) is 47.5 Å². The van der Waals surface area contributed by atoms with Crippen molar-refractivity contribution in [2.24, 2.45) is 10.9 Å². The summed E-state index contributed by atoms with van der Waals surface area (Å²) in [5.74, 6) is -2.15. The molecule has 0 amide bonds. The Hall–Kier alpha value is -2.82. The van der Waals surface area contributed by atoms with Crippen molar-refractivity contribution >= 4 is 23.7 Å². The number of ketones is 1. The van der Waals surface area contributed by atoms with Gasteiger partial charge in [0.2, 0.25) is 5.78 Å². The number of pyridine rings is 1. The van der Waals surface area contributed by atoms with Gasteiger partial charge in [0.1, 0.15) is 5.69 Å². The monoisotopic (exact) mass is 324 g/mol. The van der Waals surface area contributed by atoms with Crippen LogP contribution < -0.4 is 0 Å². The highest BCUT2D eigenvalue weighted by Gasteiger charge is 2.28. The van der Waals surface area contributed by atoms with E-state index in [2.05, 4.69) is 9.98 Å². The van der Waals surface area contributed by atoms with Gasteiger partial charge in [-0.1, -0.05) is 24.3 Å². The summed E-state index contributed by atoms with van der Waals surface area (Å²) in [6.07, 6.45) is 1.33. The van der Waals surface area contributed by atoms with Crippen LogP contribution in [0.4, 0.5) is 5.69 Å². The van der Waals surface area contributed by atoms with E-state index in [9.17, 15) is 9.59 Å². The molecule has 1 aromatic heterocycles. The van der Waals surface area contributed by atoms with Gasteiger partial charge < -0.3 is 4.74 Å². The van der Waals surface area contributed by atoms with E-state index in [1.165, 1.54) is 6.21 Å². The average Bonchev–Trinajstić information content (AvgIpc) is 2.58. The standard InChI is InChI=1S/C19H20N2O3/c1-4-24-19(23)16(12-20-15-8-6-5-7-9-15)18(22)17-11-10-13(2)14(3)21-17/h5-12,16H,4H2,1-3H3. The van der Waals surface area contributed by atoms with Crippen LogP contribution >= 0.6 is 0 Å². The molecule has 2 aromatic rings. The number of aliphatic imine (C=N–C) groups is 1. The molecule has 0 N–H and O–H groups in total. The molecule has 0 aliphatic carbocycles. The second-order valence-corrected chi connectivity index (χ2v) is 5.31.